The van der Waals surface area contributed by atoms with Crippen LogP contribution in [0.2, 0.25) is 0 Å². The number of pyridine rings is 1. The molecule has 0 aliphatic carbocycles. The molecule has 2 N–H and O–H groups in total. The third-order valence-electron chi connectivity index (χ3n) is 2.04. The van der Waals surface area contributed by atoms with Gasteiger partial charge in [-0.2, -0.15) is 0 Å². The quantitative estimate of drug-likeness (QED) is 0.744. The first-order chi connectivity index (χ1) is 7.04. The van der Waals surface area contributed by atoms with Crippen molar-refractivity contribution in [3.8, 4) is 0 Å². The van der Waals surface area contributed by atoms with Crippen LogP contribution in [-0.4, -0.2) is 27.4 Å². The highest BCUT2D eigenvalue weighted by atomic mass is 16.4. The van der Waals surface area contributed by atoms with E-state index >= 15 is 0 Å². The Morgan fingerprint density at radius 2 is 2.27 bits per heavy atom. The monoisotopic (exact) mass is 211 g/mol. The van der Waals surface area contributed by atoms with Crippen molar-refractivity contribution in [2.24, 2.45) is 5.92 Å². The first-order valence-corrected chi connectivity index (χ1v) is 4.59. The van der Waals surface area contributed by atoms with Crippen LogP contribution in [0.5, 0.6) is 0 Å². The van der Waals surface area contributed by atoms with Crippen LogP contribution in [0.3, 0.4) is 0 Å². The number of aliphatic hydroxyl groups excluding tert-OH is 1. The molecule has 5 heteroatoms. The van der Waals surface area contributed by atoms with Crippen LogP contribution in [0, 0.1) is 5.92 Å². The Morgan fingerprint density at radius 1 is 1.60 bits per heavy atom. The Balaban J connectivity index is 2.98. The molecule has 5 nitrogen and oxygen atoms in total. The summed E-state index contributed by atoms with van der Waals surface area (Å²) in [5.41, 5.74) is -0.752. The SMILES string of the molecule is CC(CO)Cn1ccc(=O)c(C(=O)O)c1. The lowest BCUT2D eigenvalue weighted by atomic mass is 10.2. The number of carbonyl (C=O) groups is 1. The van der Waals surface area contributed by atoms with Gasteiger partial charge in [-0.25, -0.2) is 4.79 Å². The minimum absolute atomic E-state index is 0.0224. The lowest BCUT2D eigenvalue weighted by molar-refractivity contribution is 0.0694. The molecule has 1 aromatic heterocycles. The minimum Gasteiger partial charge on any atom is -0.477 e. The van der Waals surface area contributed by atoms with Crippen LogP contribution in [0.4, 0.5) is 0 Å². The zero-order chi connectivity index (χ0) is 11.4. The van der Waals surface area contributed by atoms with Gasteiger partial charge in [0.1, 0.15) is 5.56 Å². The van der Waals surface area contributed by atoms with Crippen molar-refractivity contribution in [3.05, 3.63) is 34.2 Å². The maximum atomic E-state index is 11.1. The number of aromatic nitrogens is 1. The molecule has 0 fully saturated rings. The van der Waals surface area contributed by atoms with Crippen molar-refractivity contribution >= 4 is 5.97 Å². The van der Waals surface area contributed by atoms with Crippen LogP contribution in [0.1, 0.15) is 17.3 Å². The van der Waals surface area contributed by atoms with E-state index in [0.29, 0.717) is 6.54 Å². The van der Waals surface area contributed by atoms with Gasteiger partial charge >= 0.3 is 5.97 Å². The number of rotatable bonds is 4. The number of carboxylic acids is 1. The normalized spacial score (nSPS) is 12.4. The van der Waals surface area contributed by atoms with Crippen LogP contribution < -0.4 is 5.43 Å². The summed E-state index contributed by atoms with van der Waals surface area (Å²) in [5, 5.41) is 17.6. The summed E-state index contributed by atoms with van der Waals surface area (Å²) in [6.07, 6.45) is 2.80. The van der Waals surface area contributed by atoms with Gasteiger partial charge in [-0.1, -0.05) is 6.92 Å². The summed E-state index contributed by atoms with van der Waals surface area (Å²) in [6.45, 7) is 2.34. The van der Waals surface area contributed by atoms with Crippen LogP contribution in [0.25, 0.3) is 0 Å². The Hall–Kier alpha value is -1.62. The Kier molecular flexibility index (Phi) is 3.62. The molecule has 82 valence electrons. The van der Waals surface area contributed by atoms with Crippen LogP contribution in [-0.2, 0) is 6.54 Å². The molecule has 1 heterocycles. The van der Waals surface area contributed by atoms with Crippen molar-refractivity contribution in [3.63, 3.8) is 0 Å². The average Bonchev–Trinajstić information content (AvgIpc) is 2.20. The third kappa shape index (κ3) is 2.92. The number of hydrogen-bond donors (Lipinski definition) is 2. The number of hydrogen-bond acceptors (Lipinski definition) is 3. The molecule has 15 heavy (non-hydrogen) atoms. The van der Waals surface area contributed by atoms with E-state index in [1.807, 2.05) is 6.92 Å². The largest absolute Gasteiger partial charge is 0.477 e. The predicted molar refractivity (Wildman–Crippen MR) is 53.9 cm³/mol. The molecule has 0 radical (unpaired) electrons. The summed E-state index contributed by atoms with van der Waals surface area (Å²) in [6, 6.07) is 1.22. The molecule has 0 bridgehead atoms. The molecule has 0 aliphatic rings. The van der Waals surface area contributed by atoms with Gasteiger partial charge in [-0.05, 0) is 5.92 Å². The van der Waals surface area contributed by atoms with Crippen molar-refractivity contribution in [2.75, 3.05) is 6.61 Å². The van der Waals surface area contributed by atoms with Crippen molar-refractivity contribution in [1.29, 1.82) is 0 Å². The fourth-order valence-electron chi connectivity index (χ4n) is 1.22. The van der Waals surface area contributed by atoms with E-state index in [9.17, 15) is 9.59 Å². The highest BCUT2D eigenvalue weighted by Crippen LogP contribution is 2.00. The third-order valence-corrected chi connectivity index (χ3v) is 2.04. The molecule has 1 aromatic rings. The first-order valence-electron chi connectivity index (χ1n) is 4.59. The molecule has 0 saturated carbocycles. The lowest BCUT2D eigenvalue weighted by Gasteiger charge is -2.11. The summed E-state index contributed by atoms with van der Waals surface area (Å²) < 4.78 is 1.59. The van der Waals surface area contributed by atoms with Gasteiger partial charge in [0.25, 0.3) is 0 Å². The van der Waals surface area contributed by atoms with Gasteiger partial charge in [0.2, 0.25) is 0 Å². The Morgan fingerprint density at radius 3 is 2.80 bits per heavy atom. The van der Waals surface area contributed by atoms with E-state index in [2.05, 4.69) is 0 Å². The first kappa shape index (κ1) is 11.5. The number of aliphatic hydroxyl groups is 1. The molecular formula is C10H13NO4. The predicted octanol–water partition coefficient (Wildman–Crippen LogP) is 0.175. The Labute approximate surface area is 86.6 Å². The minimum atomic E-state index is -1.23. The second-order valence-electron chi connectivity index (χ2n) is 3.51. The van der Waals surface area contributed by atoms with E-state index in [4.69, 9.17) is 10.2 Å². The standard InChI is InChI=1S/C10H13NO4/c1-7(6-12)4-11-3-2-9(13)8(5-11)10(14)15/h2-3,5,7,12H,4,6H2,1H3,(H,14,15). The highest BCUT2D eigenvalue weighted by Gasteiger charge is 2.09. The topological polar surface area (TPSA) is 79.5 Å². The second-order valence-corrected chi connectivity index (χ2v) is 3.51. The summed E-state index contributed by atoms with van der Waals surface area (Å²) >= 11 is 0. The van der Waals surface area contributed by atoms with Gasteiger partial charge in [0, 0.05) is 31.6 Å². The molecule has 0 spiro atoms. The molecule has 1 rings (SSSR count). The van der Waals surface area contributed by atoms with Crippen LogP contribution >= 0.6 is 0 Å². The lowest BCUT2D eigenvalue weighted by Crippen LogP contribution is -2.19. The fraction of sp³-hybridized carbons (Fsp3) is 0.400. The van der Waals surface area contributed by atoms with E-state index < -0.39 is 11.4 Å². The summed E-state index contributed by atoms with van der Waals surface area (Å²) in [5.74, 6) is -1.21. The van der Waals surface area contributed by atoms with Gasteiger partial charge in [-0.3, -0.25) is 4.79 Å². The van der Waals surface area contributed by atoms with E-state index in [1.54, 1.807) is 4.57 Å². The molecule has 0 aromatic carbocycles. The summed E-state index contributed by atoms with van der Waals surface area (Å²) in [7, 11) is 0. The van der Waals surface area contributed by atoms with Crippen molar-refractivity contribution < 1.29 is 15.0 Å². The van der Waals surface area contributed by atoms with E-state index in [1.165, 1.54) is 18.5 Å². The maximum Gasteiger partial charge on any atom is 0.341 e. The van der Waals surface area contributed by atoms with Crippen molar-refractivity contribution in [1.82, 2.24) is 4.57 Å². The smallest absolute Gasteiger partial charge is 0.341 e. The van der Waals surface area contributed by atoms with Gasteiger partial charge in [-0.15, -0.1) is 0 Å². The maximum absolute atomic E-state index is 11.1. The molecule has 1 atom stereocenters. The number of nitrogens with zero attached hydrogens (tertiary/aromatic N) is 1. The molecule has 0 aliphatic heterocycles. The van der Waals surface area contributed by atoms with E-state index in [0.717, 1.165) is 0 Å². The molecule has 1 unspecified atom stereocenters. The number of aromatic carboxylic acids is 1. The van der Waals surface area contributed by atoms with Gasteiger partial charge < -0.3 is 14.8 Å². The Bertz CT molecular complexity index is 410. The summed E-state index contributed by atoms with van der Waals surface area (Å²) in [4.78, 5) is 21.8. The van der Waals surface area contributed by atoms with Gasteiger partial charge in [0.15, 0.2) is 5.43 Å². The molecule has 0 saturated heterocycles. The van der Waals surface area contributed by atoms with Crippen molar-refractivity contribution in [2.45, 2.75) is 13.5 Å². The highest BCUT2D eigenvalue weighted by molar-refractivity contribution is 5.86. The van der Waals surface area contributed by atoms with E-state index in [-0.39, 0.29) is 18.1 Å². The van der Waals surface area contributed by atoms with Gasteiger partial charge in [0.05, 0.1) is 0 Å². The zero-order valence-corrected chi connectivity index (χ0v) is 8.38. The number of carboxylic acid groups (broad SMARTS) is 1. The fourth-order valence-corrected chi connectivity index (χ4v) is 1.22. The zero-order valence-electron chi connectivity index (χ0n) is 8.38. The second kappa shape index (κ2) is 4.75. The molecule has 0 amide bonds. The van der Waals surface area contributed by atoms with Crippen LogP contribution in [0.15, 0.2) is 23.3 Å². The molecular weight excluding hydrogens is 198 g/mol. The average molecular weight is 211 g/mol.